The number of nitrogens with two attached hydrogens (primary N) is 1. The van der Waals surface area contributed by atoms with Crippen molar-refractivity contribution in [2.75, 3.05) is 6.54 Å². The van der Waals surface area contributed by atoms with Gasteiger partial charge in [0, 0.05) is 6.54 Å². The lowest BCUT2D eigenvalue weighted by molar-refractivity contribution is 0.185. The molecule has 4 heteroatoms. The topological polar surface area (TPSA) is 46.2 Å². The second-order valence-corrected chi connectivity index (χ2v) is 3.19. The lowest BCUT2D eigenvalue weighted by Crippen LogP contribution is -2.12. The van der Waals surface area contributed by atoms with Gasteiger partial charge >= 0.3 is 0 Å². The zero-order valence-electron chi connectivity index (χ0n) is 6.30. The smallest absolute Gasteiger partial charge is 0.137 e. The summed E-state index contributed by atoms with van der Waals surface area (Å²) in [6.45, 7) is 0.0854. The maximum atomic E-state index is 12.9. The molecule has 0 saturated heterocycles. The van der Waals surface area contributed by atoms with Crippen molar-refractivity contribution in [3.05, 3.63) is 34.1 Å². The van der Waals surface area contributed by atoms with Crippen molar-refractivity contribution in [2.45, 2.75) is 6.10 Å². The van der Waals surface area contributed by atoms with Gasteiger partial charge in [0.25, 0.3) is 0 Å². The van der Waals surface area contributed by atoms with Gasteiger partial charge in [0.1, 0.15) is 5.82 Å². The zero-order valence-corrected chi connectivity index (χ0v) is 7.88. The molecule has 0 aliphatic carbocycles. The van der Waals surface area contributed by atoms with Crippen LogP contribution in [0, 0.1) is 5.82 Å². The SMILES string of the molecule is NC[C@@H](O)c1cccc(F)c1Br. The molecule has 0 aromatic heterocycles. The summed E-state index contributed by atoms with van der Waals surface area (Å²) in [7, 11) is 0. The molecule has 0 amide bonds. The molecule has 66 valence electrons. The van der Waals surface area contributed by atoms with Gasteiger partial charge in [0.05, 0.1) is 10.6 Å². The minimum absolute atomic E-state index is 0.0854. The van der Waals surface area contributed by atoms with Gasteiger partial charge in [-0.1, -0.05) is 12.1 Å². The van der Waals surface area contributed by atoms with Crippen LogP contribution in [0.25, 0.3) is 0 Å². The number of aliphatic hydroxyl groups is 1. The number of aliphatic hydroxyl groups excluding tert-OH is 1. The van der Waals surface area contributed by atoms with E-state index in [1.54, 1.807) is 6.07 Å². The highest BCUT2D eigenvalue weighted by Crippen LogP contribution is 2.25. The highest BCUT2D eigenvalue weighted by atomic mass is 79.9. The van der Waals surface area contributed by atoms with Crippen molar-refractivity contribution in [2.24, 2.45) is 5.73 Å². The summed E-state index contributed by atoms with van der Waals surface area (Å²) in [4.78, 5) is 0. The Hall–Kier alpha value is -0.450. The van der Waals surface area contributed by atoms with Gasteiger partial charge in [0.2, 0.25) is 0 Å². The molecule has 0 spiro atoms. The summed E-state index contributed by atoms with van der Waals surface area (Å²) < 4.78 is 13.2. The van der Waals surface area contributed by atoms with E-state index in [1.807, 2.05) is 0 Å². The first-order chi connectivity index (χ1) is 5.66. The number of hydrogen-bond donors (Lipinski definition) is 2. The lowest BCUT2D eigenvalue weighted by atomic mass is 10.1. The maximum absolute atomic E-state index is 12.9. The van der Waals surface area contributed by atoms with Gasteiger partial charge in [-0.15, -0.1) is 0 Å². The van der Waals surface area contributed by atoms with Crippen LogP contribution in [0.5, 0.6) is 0 Å². The second kappa shape index (κ2) is 3.98. The summed E-state index contributed by atoms with van der Waals surface area (Å²) in [5.74, 6) is -0.389. The monoisotopic (exact) mass is 233 g/mol. The average Bonchev–Trinajstić information content (AvgIpc) is 2.08. The fraction of sp³-hybridized carbons (Fsp3) is 0.250. The number of benzene rings is 1. The molecule has 0 radical (unpaired) electrons. The molecule has 0 heterocycles. The number of hydrogen-bond acceptors (Lipinski definition) is 2. The molecular formula is C8H9BrFNO. The Morgan fingerprint density at radius 3 is 2.83 bits per heavy atom. The Bertz CT molecular complexity index is 280. The van der Waals surface area contributed by atoms with Crippen LogP contribution in [-0.4, -0.2) is 11.7 Å². The number of rotatable bonds is 2. The predicted molar refractivity (Wildman–Crippen MR) is 48.1 cm³/mol. The van der Waals surface area contributed by atoms with Crippen molar-refractivity contribution in [3.8, 4) is 0 Å². The molecule has 0 aliphatic heterocycles. The highest BCUT2D eigenvalue weighted by molar-refractivity contribution is 9.10. The van der Waals surface area contributed by atoms with Crippen molar-refractivity contribution in [3.63, 3.8) is 0 Å². The third-order valence-corrected chi connectivity index (χ3v) is 2.40. The molecular weight excluding hydrogens is 225 g/mol. The van der Waals surface area contributed by atoms with Crippen LogP contribution in [0.4, 0.5) is 4.39 Å². The molecule has 0 saturated carbocycles. The van der Waals surface area contributed by atoms with Gasteiger partial charge in [-0.3, -0.25) is 0 Å². The predicted octanol–water partition coefficient (Wildman–Crippen LogP) is 1.58. The van der Waals surface area contributed by atoms with Crippen LogP contribution in [0.3, 0.4) is 0 Å². The van der Waals surface area contributed by atoms with E-state index >= 15 is 0 Å². The summed E-state index contributed by atoms with van der Waals surface area (Å²) in [5, 5.41) is 9.31. The minimum atomic E-state index is -0.810. The third-order valence-electron chi connectivity index (χ3n) is 1.56. The lowest BCUT2D eigenvalue weighted by Gasteiger charge is -2.09. The van der Waals surface area contributed by atoms with Gasteiger partial charge in [0.15, 0.2) is 0 Å². The van der Waals surface area contributed by atoms with E-state index in [1.165, 1.54) is 12.1 Å². The maximum Gasteiger partial charge on any atom is 0.137 e. The van der Waals surface area contributed by atoms with Crippen molar-refractivity contribution >= 4 is 15.9 Å². The quantitative estimate of drug-likeness (QED) is 0.815. The standard InChI is InChI=1S/C8H9BrFNO/c9-8-5(7(12)4-11)2-1-3-6(8)10/h1-3,7,12H,4,11H2/t7-/m1/s1. The van der Waals surface area contributed by atoms with Gasteiger partial charge < -0.3 is 10.8 Å². The summed E-state index contributed by atoms with van der Waals surface area (Å²) in [6, 6.07) is 4.48. The van der Waals surface area contributed by atoms with E-state index in [4.69, 9.17) is 5.73 Å². The van der Waals surface area contributed by atoms with Crippen molar-refractivity contribution in [1.82, 2.24) is 0 Å². The van der Waals surface area contributed by atoms with Gasteiger partial charge in [-0.05, 0) is 27.6 Å². The fourth-order valence-electron chi connectivity index (χ4n) is 0.905. The van der Waals surface area contributed by atoms with E-state index in [-0.39, 0.29) is 16.8 Å². The first-order valence-corrected chi connectivity index (χ1v) is 4.28. The van der Waals surface area contributed by atoms with Crippen LogP contribution in [0.1, 0.15) is 11.7 Å². The molecule has 1 atom stereocenters. The molecule has 12 heavy (non-hydrogen) atoms. The Morgan fingerprint density at radius 2 is 2.25 bits per heavy atom. The molecule has 0 bridgehead atoms. The van der Waals surface area contributed by atoms with E-state index in [2.05, 4.69) is 15.9 Å². The molecule has 2 nitrogen and oxygen atoms in total. The highest BCUT2D eigenvalue weighted by Gasteiger charge is 2.11. The van der Waals surface area contributed by atoms with Crippen LogP contribution in [0.2, 0.25) is 0 Å². The van der Waals surface area contributed by atoms with Crippen molar-refractivity contribution < 1.29 is 9.50 Å². The van der Waals surface area contributed by atoms with Crippen LogP contribution >= 0.6 is 15.9 Å². The van der Waals surface area contributed by atoms with E-state index in [0.29, 0.717) is 5.56 Å². The normalized spacial score (nSPS) is 13.0. The van der Waals surface area contributed by atoms with Crippen LogP contribution in [-0.2, 0) is 0 Å². The molecule has 1 aromatic rings. The average molecular weight is 234 g/mol. The Balaban J connectivity index is 3.07. The molecule has 0 aliphatic rings. The third kappa shape index (κ3) is 1.83. The van der Waals surface area contributed by atoms with Crippen LogP contribution < -0.4 is 5.73 Å². The van der Waals surface area contributed by atoms with Crippen molar-refractivity contribution in [1.29, 1.82) is 0 Å². The summed E-state index contributed by atoms with van der Waals surface area (Å²) in [6.07, 6.45) is -0.810. The Morgan fingerprint density at radius 1 is 1.58 bits per heavy atom. The van der Waals surface area contributed by atoms with Gasteiger partial charge in [-0.25, -0.2) is 4.39 Å². The number of halogens is 2. The van der Waals surface area contributed by atoms with Gasteiger partial charge in [-0.2, -0.15) is 0 Å². The Kier molecular flexibility index (Phi) is 3.20. The van der Waals surface area contributed by atoms with E-state index < -0.39 is 6.10 Å². The second-order valence-electron chi connectivity index (χ2n) is 2.39. The molecule has 1 aromatic carbocycles. The van der Waals surface area contributed by atoms with E-state index in [9.17, 15) is 9.50 Å². The fourth-order valence-corrected chi connectivity index (χ4v) is 1.43. The molecule has 3 N–H and O–H groups in total. The molecule has 0 fully saturated rings. The zero-order chi connectivity index (χ0) is 9.14. The first-order valence-electron chi connectivity index (χ1n) is 3.49. The van der Waals surface area contributed by atoms with E-state index in [0.717, 1.165) is 0 Å². The summed E-state index contributed by atoms with van der Waals surface area (Å²) in [5.41, 5.74) is 5.71. The molecule has 1 rings (SSSR count). The Labute approximate surface area is 78.3 Å². The minimum Gasteiger partial charge on any atom is -0.387 e. The molecule has 0 unspecified atom stereocenters. The summed E-state index contributed by atoms with van der Waals surface area (Å²) >= 11 is 3.03. The first kappa shape index (κ1) is 9.64. The largest absolute Gasteiger partial charge is 0.387 e. The van der Waals surface area contributed by atoms with Crippen LogP contribution in [0.15, 0.2) is 22.7 Å².